The second kappa shape index (κ2) is 5.75. The molecule has 0 aliphatic carbocycles. The number of likely N-dealkylation sites (N-methyl/N-ethyl adjacent to an activating group) is 1. The van der Waals surface area contributed by atoms with Crippen molar-refractivity contribution in [2.45, 2.75) is 13.5 Å². The Morgan fingerprint density at radius 1 is 1.62 bits per heavy atom. The van der Waals surface area contributed by atoms with Gasteiger partial charge in [-0.05, 0) is 28.5 Å². The highest BCUT2D eigenvalue weighted by Gasteiger charge is 2.04. The fourth-order valence-corrected chi connectivity index (χ4v) is 2.64. The lowest BCUT2D eigenvalue weighted by atomic mass is 10.4. The Kier molecular flexibility index (Phi) is 4.94. The molecule has 0 spiro atoms. The number of halogens is 1. The summed E-state index contributed by atoms with van der Waals surface area (Å²) >= 11 is 5.17. The second-order valence-corrected chi connectivity index (χ2v) is 4.74. The lowest BCUT2D eigenvalue weighted by Crippen LogP contribution is -2.25. The van der Waals surface area contributed by atoms with Crippen molar-refractivity contribution in [3.8, 4) is 0 Å². The molecule has 0 saturated carbocycles. The molecule has 74 valence electrons. The van der Waals surface area contributed by atoms with E-state index in [4.69, 9.17) is 5.11 Å². The largest absolute Gasteiger partial charge is 0.395 e. The van der Waals surface area contributed by atoms with Crippen LogP contribution in [0.15, 0.2) is 15.9 Å². The highest BCUT2D eigenvalue weighted by Crippen LogP contribution is 2.20. The molecule has 0 atom stereocenters. The summed E-state index contributed by atoms with van der Waals surface area (Å²) in [5, 5.41) is 10.9. The van der Waals surface area contributed by atoms with Crippen molar-refractivity contribution < 1.29 is 5.11 Å². The first-order chi connectivity index (χ1) is 6.26. The number of thiophene rings is 1. The molecule has 0 aliphatic heterocycles. The monoisotopic (exact) mass is 263 g/mol. The Balaban J connectivity index is 2.46. The zero-order valence-corrected chi connectivity index (χ0v) is 10.1. The third-order valence-corrected chi connectivity index (χ3v) is 3.55. The Labute approximate surface area is 91.3 Å². The SMILES string of the molecule is CCN(CCO)Cc1cc(Br)cs1. The van der Waals surface area contributed by atoms with Gasteiger partial charge in [-0.3, -0.25) is 4.90 Å². The molecule has 1 heterocycles. The van der Waals surface area contributed by atoms with E-state index in [1.54, 1.807) is 11.3 Å². The molecule has 0 aliphatic rings. The van der Waals surface area contributed by atoms with E-state index in [1.165, 1.54) is 4.88 Å². The van der Waals surface area contributed by atoms with Crippen LogP contribution in [0.25, 0.3) is 0 Å². The highest BCUT2D eigenvalue weighted by molar-refractivity contribution is 9.10. The van der Waals surface area contributed by atoms with Gasteiger partial charge < -0.3 is 5.11 Å². The normalized spacial score (nSPS) is 11.1. The quantitative estimate of drug-likeness (QED) is 0.882. The van der Waals surface area contributed by atoms with Gasteiger partial charge in [-0.25, -0.2) is 0 Å². The van der Waals surface area contributed by atoms with Crippen LogP contribution in [0.5, 0.6) is 0 Å². The molecule has 0 bridgehead atoms. The van der Waals surface area contributed by atoms with E-state index in [0.29, 0.717) is 0 Å². The summed E-state index contributed by atoms with van der Waals surface area (Å²) in [5.41, 5.74) is 0. The minimum absolute atomic E-state index is 0.236. The van der Waals surface area contributed by atoms with Crippen LogP contribution in [0.3, 0.4) is 0 Å². The van der Waals surface area contributed by atoms with Gasteiger partial charge in [-0.1, -0.05) is 6.92 Å². The van der Waals surface area contributed by atoms with Gasteiger partial charge >= 0.3 is 0 Å². The molecule has 13 heavy (non-hydrogen) atoms. The molecule has 0 aromatic carbocycles. The molecule has 1 aromatic rings. The fourth-order valence-electron chi connectivity index (χ4n) is 1.15. The van der Waals surface area contributed by atoms with Crippen LogP contribution in [0.4, 0.5) is 0 Å². The Bertz CT molecular complexity index is 252. The molecule has 0 saturated heterocycles. The minimum atomic E-state index is 0.236. The van der Waals surface area contributed by atoms with Gasteiger partial charge in [-0.2, -0.15) is 0 Å². The van der Waals surface area contributed by atoms with E-state index >= 15 is 0 Å². The van der Waals surface area contributed by atoms with Crippen molar-refractivity contribution in [2.75, 3.05) is 19.7 Å². The minimum Gasteiger partial charge on any atom is -0.395 e. The maximum Gasteiger partial charge on any atom is 0.0558 e. The van der Waals surface area contributed by atoms with Crippen LogP contribution in [-0.4, -0.2) is 29.7 Å². The standard InChI is InChI=1S/C9H14BrNOS/c1-2-11(3-4-12)6-9-5-8(10)7-13-9/h5,7,12H,2-4,6H2,1H3. The molecule has 4 heteroatoms. The number of hydrogen-bond donors (Lipinski definition) is 1. The lowest BCUT2D eigenvalue weighted by molar-refractivity contribution is 0.198. The van der Waals surface area contributed by atoms with E-state index in [-0.39, 0.29) is 6.61 Å². The van der Waals surface area contributed by atoms with Crippen LogP contribution < -0.4 is 0 Å². The lowest BCUT2D eigenvalue weighted by Gasteiger charge is -2.17. The average molecular weight is 264 g/mol. The van der Waals surface area contributed by atoms with Crippen molar-refractivity contribution in [3.63, 3.8) is 0 Å². The smallest absolute Gasteiger partial charge is 0.0558 e. The third-order valence-electron chi connectivity index (χ3n) is 1.86. The van der Waals surface area contributed by atoms with E-state index in [0.717, 1.165) is 24.1 Å². The Hall–Kier alpha value is 0.1000. The van der Waals surface area contributed by atoms with Gasteiger partial charge in [0.2, 0.25) is 0 Å². The van der Waals surface area contributed by atoms with Gasteiger partial charge in [0.1, 0.15) is 0 Å². The molecule has 0 amide bonds. The zero-order valence-electron chi connectivity index (χ0n) is 7.66. The molecular weight excluding hydrogens is 250 g/mol. The zero-order chi connectivity index (χ0) is 9.68. The number of hydrogen-bond acceptors (Lipinski definition) is 3. The fraction of sp³-hybridized carbons (Fsp3) is 0.556. The van der Waals surface area contributed by atoms with E-state index in [2.05, 4.69) is 39.2 Å². The maximum absolute atomic E-state index is 8.80. The van der Waals surface area contributed by atoms with Crippen LogP contribution in [0.2, 0.25) is 0 Å². The van der Waals surface area contributed by atoms with Gasteiger partial charge in [0.15, 0.2) is 0 Å². The number of nitrogens with zero attached hydrogens (tertiary/aromatic N) is 1. The summed E-state index contributed by atoms with van der Waals surface area (Å²) in [7, 11) is 0. The van der Waals surface area contributed by atoms with Crippen molar-refractivity contribution in [1.82, 2.24) is 4.90 Å². The van der Waals surface area contributed by atoms with Crippen LogP contribution in [0, 0.1) is 0 Å². The van der Waals surface area contributed by atoms with Crippen molar-refractivity contribution in [3.05, 3.63) is 20.8 Å². The molecule has 1 rings (SSSR count). The van der Waals surface area contributed by atoms with Crippen molar-refractivity contribution in [2.24, 2.45) is 0 Å². The van der Waals surface area contributed by atoms with Crippen LogP contribution >= 0.6 is 27.3 Å². The Morgan fingerprint density at radius 2 is 2.38 bits per heavy atom. The highest BCUT2D eigenvalue weighted by atomic mass is 79.9. The first-order valence-electron chi connectivity index (χ1n) is 4.32. The summed E-state index contributed by atoms with van der Waals surface area (Å²) in [6.45, 7) is 5.02. The summed E-state index contributed by atoms with van der Waals surface area (Å²) in [6, 6.07) is 2.13. The van der Waals surface area contributed by atoms with E-state index in [9.17, 15) is 0 Å². The molecule has 0 unspecified atom stereocenters. The molecule has 0 radical (unpaired) electrons. The molecule has 1 aromatic heterocycles. The number of aliphatic hydroxyl groups excluding tert-OH is 1. The summed E-state index contributed by atoms with van der Waals surface area (Å²) in [4.78, 5) is 3.56. The van der Waals surface area contributed by atoms with Gasteiger partial charge in [0.05, 0.1) is 6.61 Å². The number of aliphatic hydroxyl groups is 1. The van der Waals surface area contributed by atoms with Crippen LogP contribution in [-0.2, 0) is 6.54 Å². The van der Waals surface area contributed by atoms with Crippen molar-refractivity contribution in [1.29, 1.82) is 0 Å². The summed E-state index contributed by atoms with van der Waals surface area (Å²) in [6.07, 6.45) is 0. The predicted molar refractivity (Wildman–Crippen MR) is 60.1 cm³/mol. The van der Waals surface area contributed by atoms with E-state index in [1.807, 2.05) is 0 Å². The Morgan fingerprint density at radius 3 is 2.85 bits per heavy atom. The second-order valence-electron chi connectivity index (χ2n) is 2.82. The summed E-state index contributed by atoms with van der Waals surface area (Å²) < 4.78 is 1.15. The number of rotatable bonds is 5. The first kappa shape index (κ1) is 11.2. The molecule has 2 nitrogen and oxygen atoms in total. The van der Waals surface area contributed by atoms with Gasteiger partial charge in [-0.15, -0.1) is 11.3 Å². The summed E-state index contributed by atoms with van der Waals surface area (Å²) in [5.74, 6) is 0. The maximum atomic E-state index is 8.80. The molecule has 1 N–H and O–H groups in total. The van der Waals surface area contributed by atoms with Crippen molar-refractivity contribution >= 4 is 27.3 Å². The van der Waals surface area contributed by atoms with E-state index < -0.39 is 0 Å². The topological polar surface area (TPSA) is 23.5 Å². The first-order valence-corrected chi connectivity index (χ1v) is 5.99. The van der Waals surface area contributed by atoms with Gasteiger partial charge in [0.25, 0.3) is 0 Å². The average Bonchev–Trinajstić information content (AvgIpc) is 2.50. The third kappa shape index (κ3) is 3.77. The molecular formula is C9H14BrNOS. The predicted octanol–water partition coefficient (Wildman–Crippen LogP) is 2.32. The van der Waals surface area contributed by atoms with Crippen LogP contribution in [0.1, 0.15) is 11.8 Å². The molecule has 0 fully saturated rings. The van der Waals surface area contributed by atoms with Gasteiger partial charge in [0, 0.05) is 27.8 Å².